The van der Waals surface area contributed by atoms with Gasteiger partial charge in [0.05, 0.1) is 20.8 Å². The molecule has 0 spiro atoms. The second kappa shape index (κ2) is 10.7. The molecule has 0 radical (unpaired) electrons. The Balaban J connectivity index is 1.53. The number of piperazine rings is 1. The number of rotatable bonds is 8. The van der Waals surface area contributed by atoms with Crippen LogP contribution in [0.5, 0.6) is 17.2 Å². The van der Waals surface area contributed by atoms with E-state index in [4.69, 9.17) is 14.2 Å². The zero-order valence-corrected chi connectivity index (χ0v) is 18.4. The molecule has 1 aliphatic rings. The van der Waals surface area contributed by atoms with Crippen molar-refractivity contribution in [2.24, 2.45) is 0 Å². The van der Waals surface area contributed by atoms with Gasteiger partial charge in [-0.05, 0) is 43.2 Å². The van der Waals surface area contributed by atoms with Crippen molar-refractivity contribution in [2.45, 2.75) is 19.8 Å². The van der Waals surface area contributed by atoms with E-state index in [-0.39, 0.29) is 11.8 Å². The molecule has 3 rings (SSSR count). The maximum absolute atomic E-state index is 12.9. The van der Waals surface area contributed by atoms with E-state index in [2.05, 4.69) is 0 Å². The average Bonchev–Trinajstić information content (AvgIpc) is 2.82. The Morgan fingerprint density at radius 2 is 1.55 bits per heavy atom. The van der Waals surface area contributed by atoms with Gasteiger partial charge in [0.2, 0.25) is 5.91 Å². The van der Waals surface area contributed by atoms with Gasteiger partial charge in [-0.1, -0.05) is 18.2 Å². The average molecular weight is 427 g/mol. The number of para-hydroxylation sites is 1. The molecule has 166 valence electrons. The summed E-state index contributed by atoms with van der Waals surface area (Å²) in [4.78, 5) is 29.2. The van der Waals surface area contributed by atoms with E-state index < -0.39 is 0 Å². The molecule has 0 aliphatic carbocycles. The second-order valence-electron chi connectivity index (χ2n) is 7.28. The van der Waals surface area contributed by atoms with Crippen LogP contribution in [-0.2, 0) is 11.2 Å². The molecule has 0 unspecified atom stereocenters. The van der Waals surface area contributed by atoms with Crippen LogP contribution in [-0.4, -0.2) is 68.6 Å². The van der Waals surface area contributed by atoms with Gasteiger partial charge >= 0.3 is 0 Å². The minimum absolute atomic E-state index is 0.0707. The van der Waals surface area contributed by atoms with Crippen molar-refractivity contribution in [3.05, 3.63) is 53.6 Å². The summed E-state index contributed by atoms with van der Waals surface area (Å²) in [6.45, 7) is 4.63. The van der Waals surface area contributed by atoms with Gasteiger partial charge in [0.15, 0.2) is 11.5 Å². The molecule has 1 fully saturated rings. The van der Waals surface area contributed by atoms with E-state index >= 15 is 0 Å². The van der Waals surface area contributed by atoms with Crippen LogP contribution in [0.2, 0.25) is 0 Å². The molecular formula is C24H30N2O5. The minimum Gasteiger partial charge on any atom is -0.494 e. The highest BCUT2D eigenvalue weighted by Crippen LogP contribution is 2.28. The maximum atomic E-state index is 12.9. The van der Waals surface area contributed by atoms with Crippen LogP contribution in [0.3, 0.4) is 0 Å². The molecule has 0 aromatic heterocycles. The van der Waals surface area contributed by atoms with Crippen LogP contribution < -0.4 is 14.2 Å². The van der Waals surface area contributed by atoms with Crippen LogP contribution in [0.25, 0.3) is 0 Å². The first-order chi connectivity index (χ1) is 15.1. The molecule has 31 heavy (non-hydrogen) atoms. The lowest BCUT2D eigenvalue weighted by Gasteiger charge is -2.35. The van der Waals surface area contributed by atoms with E-state index in [1.54, 1.807) is 37.3 Å². The summed E-state index contributed by atoms with van der Waals surface area (Å²) in [6, 6.07) is 13.0. The molecular weight excluding hydrogens is 396 g/mol. The Morgan fingerprint density at radius 3 is 2.23 bits per heavy atom. The molecule has 0 atom stereocenters. The fourth-order valence-corrected chi connectivity index (χ4v) is 3.72. The molecule has 2 aromatic carbocycles. The van der Waals surface area contributed by atoms with E-state index in [9.17, 15) is 9.59 Å². The van der Waals surface area contributed by atoms with Gasteiger partial charge in [-0.2, -0.15) is 0 Å². The number of aryl methyl sites for hydroxylation is 1. The number of amides is 2. The van der Waals surface area contributed by atoms with E-state index in [1.165, 1.54) is 0 Å². The molecule has 2 aromatic rings. The summed E-state index contributed by atoms with van der Waals surface area (Å²) in [5.41, 5.74) is 1.59. The van der Waals surface area contributed by atoms with E-state index in [0.717, 1.165) is 11.3 Å². The number of hydrogen-bond acceptors (Lipinski definition) is 5. The largest absolute Gasteiger partial charge is 0.494 e. The number of nitrogens with zero attached hydrogens (tertiary/aromatic N) is 2. The molecule has 1 saturated heterocycles. The lowest BCUT2D eigenvalue weighted by molar-refractivity contribution is -0.132. The molecule has 0 bridgehead atoms. The van der Waals surface area contributed by atoms with Gasteiger partial charge in [-0.3, -0.25) is 9.59 Å². The number of methoxy groups -OCH3 is 2. The van der Waals surface area contributed by atoms with E-state index in [0.29, 0.717) is 62.7 Å². The normalized spacial score (nSPS) is 13.6. The van der Waals surface area contributed by atoms with Crippen molar-refractivity contribution in [3.8, 4) is 17.2 Å². The Labute approximate surface area is 183 Å². The van der Waals surface area contributed by atoms with Crippen molar-refractivity contribution in [2.75, 3.05) is 47.0 Å². The van der Waals surface area contributed by atoms with Gasteiger partial charge in [-0.15, -0.1) is 0 Å². The van der Waals surface area contributed by atoms with Gasteiger partial charge < -0.3 is 24.0 Å². The third kappa shape index (κ3) is 5.48. The molecule has 1 heterocycles. The zero-order valence-electron chi connectivity index (χ0n) is 18.4. The standard InChI is InChI=1S/C24H30N2O5/c1-4-31-20-8-6-5-7-18(20)10-12-23(27)25-13-15-26(16-14-25)24(28)19-9-11-21(29-2)22(17-19)30-3/h5-9,11,17H,4,10,12-16H2,1-3H3. The highest BCUT2D eigenvalue weighted by atomic mass is 16.5. The number of hydrogen-bond donors (Lipinski definition) is 0. The first-order valence-electron chi connectivity index (χ1n) is 10.6. The highest BCUT2D eigenvalue weighted by molar-refractivity contribution is 5.95. The topological polar surface area (TPSA) is 68.3 Å². The molecule has 7 heteroatoms. The van der Waals surface area contributed by atoms with Crippen LogP contribution >= 0.6 is 0 Å². The number of ether oxygens (including phenoxy) is 3. The summed E-state index contributed by atoms with van der Waals surface area (Å²) in [7, 11) is 3.11. The molecule has 7 nitrogen and oxygen atoms in total. The summed E-state index contributed by atoms with van der Waals surface area (Å²) in [5.74, 6) is 1.97. The highest BCUT2D eigenvalue weighted by Gasteiger charge is 2.25. The zero-order chi connectivity index (χ0) is 22.2. The monoisotopic (exact) mass is 426 g/mol. The number of benzene rings is 2. The van der Waals surface area contributed by atoms with E-state index in [1.807, 2.05) is 36.1 Å². The Morgan fingerprint density at radius 1 is 0.871 bits per heavy atom. The smallest absolute Gasteiger partial charge is 0.254 e. The summed E-state index contributed by atoms with van der Waals surface area (Å²) in [5, 5.41) is 0. The molecule has 2 amide bonds. The van der Waals surface area contributed by atoms with Gasteiger partial charge in [0.25, 0.3) is 5.91 Å². The first-order valence-corrected chi connectivity index (χ1v) is 10.6. The predicted molar refractivity (Wildman–Crippen MR) is 118 cm³/mol. The molecule has 0 N–H and O–H groups in total. The van der Waals surface area contributed by atoms with Crippen molar-refractivity contribution in [1.82, 2.24) is 9.80 Å². The fraction of sp³-hybridized carbons (Fsp3) is 0.417. The lowest BCUT2D eigenvalue weighted by atomic mass is 10.1. The Bertz CT molecular complexity index is 907. The number of carbonyl (C=O) groups excluding carboxylic acids is 2. The minimum atomic E-state index is -0.0707. The number of carbonyl (C=O) groups is 2. The quantitative estimate of drug-likeness (QED) is 0.649. The first kappa shape index (κ1) is 22.5. The van der Waals surface area contributed by atoms with Gasteiger partial charge in [-0.25, -0.2) is 0 Å². The molecule has 1 aliphatic heterocycles. The summed E-state index contributed by atoms with van der Waals surface area (Å²) < 4.78 is 16.2. The second-order valence-corrected chi connectivity index (χ2v) is 7.28. The van der Waals surface area contributed by atoms with Gasteiger partial charge in [0, 0.05) is 38.2 Å². The SMILES string of the molecule is CCOc1ccccc1CCC(=O)N1CCN(C(=O)c2ccc(OC)c(OC)c2)CC1. The van der Waals surface area contributed by atoms with Crippen molar-refractivity contribution in [3.63, 3.8) is 0 Å². The Hall–Kier alpha value is -3.22. The third-order valence-corrected chi connectivity index (χ3v) is 5.43. The predicted octanol–water partition coefficient (Wildman–Crippen LogP) is 3.02. The van der Waals surface area contributed by atoms with Crippen molar-refractivity contribution >= 4 is 11.8 Å². The summed E-state index contributed by atoms with van der Waals surface area (Å²) >= 11 is 0. The van der Waals surface area contributed by atoms with Crippen LogP contribution in [0.1, 0.15) is 29.3 Å². The third-order valence-electron chi connectivity index (χ3n) is 5.43. The van der Waals surface area contributed by atoms with Gasteiger partial charge in [0.1, 0.15) is 5.75 Å². The Kier molecular flexibility index (Phi) is 7.76. The maximum Gasteiger partial charge on any atom is 0.254 e. The van der Waals surface area contributed by atoms with Crippen LogP contribution in [0, 0.1) is 0 Å². The molecule has 0 saturated carbocycles. The van der Waals surface area contributed by atoms with Crippen LogP contribution in [0.15, 0.2) is 42.5 Å². The summed E-state index contributed by atoms with van der Waals surface area (Å²) in [6.07, 6.45) is 1.06. The lowest BCUT2D eigenvalue weighted by Crippen LogP contribution is -2.50. The fourth-order valence-electron chi connectivity index (χ4n) is 3.72. The van der Waals surface area contributed by atoms with Crippen molar-refractivity contribution < 1.29 is 23.8 Å². The van der Waals surface area contributed by atoms with Crippen LogP contribution in [0.4, 0.5) is 0 Å². The van der Waals surface area contributed by atoms with Crippen molar-refractivity contribution in [1.29, 1.82) is 0 Å².